The van der Waals surface area contributed by atoms with E-state index in [-0.39, 0.29) is 0 Å². The number of aryl methyl sites for hydroxylation is 1. The quantitative estimate of drug-likeness (QED) is 0.720. The van der Waals surface area contributed by atoms with E-state index in [0.717, 1.165) is 5.82 Å². The van der Waals surface area contributed by atoms with E-state index in [9.17, 15) is 0 Å². The molecule has 2 N–H and O–H groups in total. The molecule has 0 aliphatic carbocycles. The molecule has 0 aromatic carbocycles. The highest BCUT2D eigenvalue weighted by Gasteiger charge is 2.21. The first-order valence-electron chi connectivity index (χ1n) is 5.06. The second-order valence-corrected chi connectivity index (χ2v) is 3.63. The van der Waals surface area contributed by atoms with E-state index in [0.29, 0.717) is 31.3 Å². The first-order chi connectivity index (χ1) is 7.69. The number of anilines is 2. The van der Waals surface area contributed by atoms with Gasteiger partial charge in [0.15, 0.2) is 6.10 Å². The van der Waals surface area contributed by atoms with Crippen molar-refractivity contribution in [1.82, 2.24) is 9.97 Å². The number of hydrogen-bond acceptors (Lipinski definition) is 6. The van der Waals surface area contributed by atoms with Gasteiger partial charge in [-0.25, -0.2) is 9.97 Å². The van der Waals surface area contributed by atoms with Crippen LogP contribution in [0.5, 0.6) is 0 Å². The fourth-order valence-electron chi connectivity index (χ4n) is 1.67. The van der Waals surface area contributed by atoms with Crippen molar-refractivity contribution in [3.05, 3.63) is 11.9 Å². The molecule has 0 spiro atoms. The van der Waals surface area contributed by atoms with Crippen LogP contribution in [0.2, 0.25) is 0 Å². The standard InChI is InChI=1S/C10H13N5O/c1-7-13-9(12)4-10(14-7)15-2-3-16-8(5-11)6-15/h4,8H,2-3,6H2,1H3,(H2,12,13,14). The maximum absolute atomic E-state index is 8.81. The number of nitrogens with two attached hydrogens (primary N) is 1. The van der Waals surface area contributed by atoms with Crippen LogP contribution < -0.4 is 10.6 Å². The number of rotatable bonds is 1. The summed E-state index contributed by atoms with van der Waals surface area (Å²) in [6, 6.07) is 3.81. The molecule has 2 heterocycles. The molecule has 1 aromatic heterocycles. The van der Waals surface area contributed by atoms with E-state index >= 15 is 0 Å². The van der Waals surface area contributed by atoms with Crippen LogP contribution in [0.1, 0.15) is 5.82 Å². The third-order valence-corrected chi connectivity index (χ3v) is 2.38. The van der Waals surface area contributed by atoms with Gasteiger partial charge in [-0.1, -0.05) is 0 Å². The summed E-state index contributed by atoms with van der Waals surface area (Å²) >= 11 is 0. The molecule has 0 bridgehead atoms. The maximum atomic E-state index is 8.81. The fraction of sp³-hybridized carbons (Fsp3) is 0.500. The van der Waals surface area contributed by atoms with Gasteiger partial charge in [-0.3, -0.25) is 0 Å². The minimum Gasteiger partial charge on any atom is -0.384 e. The van der Waals surface area contributed by atoms with E-state index in [1.165, 1.54) is 0 Å². The molecule has 2 rings (SSSR count). The Balaban J connectivity index is 2.20. The molecule has 84 valence electrons. The van der Waals surface area contributed by atoms with Crippen LogP contribution in [-0.4, -0.2) is 35.8 Å². The molecular weight excluding hydrogens is 206 g/mol. The van der Waals surface area contributed by atoms with E-state index in [1.807, 2.05) is 4.90 Å². The summed E-state index contributed by atoms with van der Waals surface area (Å²) in [4.78, 5) is 10.3. The maximum Gasteiger partial charge on any atom is 0.161 e. The molecule has 0 saturated carbocycles. The van der Waals surface area contributed by atoms with Gasteiger partial charge in [0, 0.05) is 12.6 Å². The van der Waals surface area contributed by atoms with Crippen molar-refractivity contribution >= 4 is 11.6 Å². The average Bonchev–Trinajstić information content (AvgIpc) is 2.28. The predicted molar refractivity (Wildman–Crippen MR) is 58.7 cm³/mol. The van der Waals surface area contributed by atoms with Crippen molar-refractivity contribution < 1.29 is 4.74 Å². The molecular formula is C10H13N5O. The Bertz CT molecular complexity index is 407. The summed E-state index contributed by atoms with van der Waals surface area (Å²) in [7, 11) is 0. The largest absolute Gasteiger partial charge is 0.384 e. The van der Waals surface area contributed by atoms with Crippen LogP contribution in [0.4, 0.5) is 11.6 Å². The Morgan fingerprint density at radius 3 is 3.12 bits per heavy atom. The van der Waals surface area contributed by atoms with Gasteiger partial charge in [-0.15, -0.1) is 0 Å². The molecule has 1 saturated heterocycles. The summed E-state index contributed by atoms with van der Waals surface area (Å²) in [5.41, 5.74) is 5.66. The Morgan fingerprint density at radius 2 is 2.44 bits per heavy atom. The summed E-state index contributed by atoms with van der Waals surface area (Å²) in [5.74, 6) is 1.84. The minimum absolute atomic E-state index is 0.398. The van der Waals surface area contributed by atoms with Gasteiger partial charge >= 0.3 is 0 Å². The van der Waals surface area contributed by atoms with Gasteiger partial charge in [0.05, 0.1) is 19.2 Å². The number of nitrogens with zero attached hydrogens (tertiary/aromatic N) is 4. The lowest BCUT2D eigenvalue weighted by Gasteiger charge is -2.30. The van der Waals surface area contributed by atoms with Crippen molar-refractivity contribution in [2.24, 2.45) is 0 Å². The first-order valence-corrected chi connectivity index (χ1v) is 5.06. The molecule has 1 unspecified atom stereocenters. The van der Waals surface area contributed by atoms with Crippen LogP contribution in [-0.2, 0) is 4.74 Å². The molecule has 1 atom stereocenters. The summed E-state index contributed by atoms with van der Waals surface area (Å²) in [6.45, 7) is 3.56. The Morgan fingerprint density at radius 1 is 1.62 bits per heavy atom. The third-order valence-electron chi connectivity index (χ3n) is 2.38. The molecule has 1 fully saturated rings. The molecule has 1 aliphatic heterocycles. The van der Waals surface area contributed by atoms with Gasteiger partial charge < -0.3 is 15.4 Å². The predicted octanol–water partition coefficient (Wildman–Crippen LogP) is 0.0960. The Kier molecular flexibility index (Phi) is 2.88. The van der Waals surface area contributed by atoms with Gasteiger partial charge in [0.25, 0.3) is 0 Å². The van der Waals surface area contributed by atoms with Crippen LogP contribution in [0.25, 0.3) is 0 Å². The topological polar surface area (TPSA) is 88.1 Å². The molecule has 0 amide bonds. The average molecular weight is 219 g/mol. The summed E-state index contributed by atoms with van der Waals surface area (Å²) in [6.07, 6.45) is -0.398. The minimum atomic E-state index is -0.398. The smallest absolute Gasteiger partial charge is 0.161 e. The van der Waals surface area contributed by atoms with Gasteiger partial charge in [0.2, 0.25) is 0 Å². The molecule has 0 radical (unpaired) electrons. The zero-order chi connectivity index (χ0) is 11.5. The second kappa shape index (κ2) is 4.33. The Labute approximate surface area is 93.7 Å². The fourth-order valence-corrected chi connectivity index (χ4v) is 1.67. The molecule has 1 aromatic rings. The molecule has 16 heavy (non-hydrogen) atoms. The number of ether oxygens (including phenoxy) is 1. The zero-order valence-corrected chi connectivity index (χ0v) is 9.05. The molecule has 1 aliphatic rings. The first kappa shape index (κ1) is 10.6. The monoisotopic (exact) mass is 219 g/mol. The van der Waals surface area contributed by atoms with Crippen molar-refractivity contribution in [1.29, 1.82) is 5.26 Å². The van der Waals surface area contributed by atoms with Crippen molar-refractivity contribution in [2.45, 2.75) is 13.0 Å². The number of nitriles is 1. The number of morpholine rings is 1. The summed E-state index contributed by atoms with van der Waals surface area (Å²) in [5, 5.41) is 8.81. The lowest BCUT2D eigenvalue weighted by molar-refractivity contribution is 0.0761. The lowest BCUT2D eigenvalue weighted by atomic mass is 10.3. The molecule has 6 heteroatoms. The van der Waals surface area contributed by atoms with Crippen molar-refractivity contribution in [3.8, 4) is 6.07 Å². The number of nitrogen functional groups attached to an aromatic ring is 1. The van der Waals surface area contributed by atoms with E-state index in [4.69, 9.17) is 15.7 Å². The van der Waals surface area contributed by atoms with E-state index < -0.39 is 6.10 Å². The van der Waals surface area contributed by atoms with Crippen molar-refractivity contribution in [2.75, 3.05) is 30.3 Å². The van der Waals surface area contributed by atoms with Gasteiger partial charge in [-0.2, -0.15) is 5.26 Å². The van der Waals surface area contributed by atoms with Gasteiger partial charge in [-0.05, 0) is 6.92 Å². The zero-order valence-electron chi connectivity index (χ0n) is 9.05. The van der Waals surface area contributed by atoms with Crippen LogP contribution in [0, 0.1) is 18.3 Å². The molecule has 6 nitrogen and oxygen atoms in total. The summed E-state index contributed by atoms with van der Waals surface area (Å²) < 4.78 is 5.26. The van der Waals surface area contributed by atoms with Crippen LogP contribution in [0.15, 0.2) is 6.07 Å². The van der Waals surface area contributed by atoms with Crippen LogP contribution >= 0.6 is 0 Å². The number of aromatic nitrogens is 2. The van der Waals surface area contributed by atoms with Crippen LogP contribution in [0.3, 0.4) is 0 Å². The highest BCUT2D eigenvalue weighted by molar-refractivity contribution is 5.47. The van der Waals surface area contributed by atoms with E-state index in [2.05, 4.69) is 16.0 Å². The SMILES string of the molecule is Cc1nc(N)cc(N2CCOC(C#N)C2)n1. The number of hydrogen-bond donors (Lipinski definition) is 1. The van der Waals surface area contributed by atoms with Gasteiger partial charge in [0.1, 0.15) is 17.5 Å². The highest BCUT2D eigenvalue weighted by atomic mass is 16.5. The second-order valence-electron chi connectivity index (χ2n) is 3.63. The van der Waals surface area contributed by atoms with Crippen molar-refractivity contribution in [3.63, 3.8) is 0 Å². The highest BCUT2D eigenvalue weighted by Crippen LogP contribution is 2.17. The third kappa shape index (κ3) is 2.20. The Hall–Kier alpha value is -1.87. The van der Waals surface area contributed by atoms with E-state index in [1.54, 1.807) is 13.0 Å². The normalized spacial score (nSPS) is 20.5. The lowest BCUT2D eigenvalue weighted by Crippen LogP contribution is -2.42.